The Labute approximate surface area is 204 Å². The minimum Gasteiger partial charge on any atom is -0.444 e. The summed E-state index contributed by atoms with van der Waals surface area (Å²) in [6.07, 6.45) is 3.75. The molecule has 0 rings (SSSR count). The van der Waals surface area contributed by atoms with Gasteiger partial charge in [-0.2, -0.15) is 0 Å². The molecule has 0 aromatic heterocycles. The molecule has 0 saturated heterocycles. The Morgan fingerprint density at radius 1 is 0.706 bits per heavy atom. The molecule has 4 amide bonds. The molecule has 0 aromatic carbocycles. The normalized spacial score (nSPS) is 13.7. The van der Waals surface area contributed by atoms with Gasteiger partial charge in [-0.3, -0.25) is 9.59 Å². The van der Waals surface area contributed by atoms with Crippen LogP contribution in [0.2, 0.25) is 0 Å². The van der Waals surface area contributed by atoms with E-state index >= 15 is 0 Å². The summed E-state index contributed by atoms with van der Waals surface area (Å²) in [5.74, 6) is -0.671. The van der Waals surface area contributed by atoms with Crippen molar-refractivity contribution in [2.75, 3.05) is 13.1 Å². The first kappa shape index (κ1) is 31.2. The van der Waals surface area contributed by atoms with Crippen LogP contribution in [-0.4, -0.2) is 60.4 Å². The highest BCUT2D eigenvalue weighted by Crippen LogP contribution is 2.09. The minimum atomic E-state index is -0.711. The molecule has 10 heteroatoms. The maximum absolute atomic E-state index is 12.4. The molecule has 2 atom stereocenters. The van der Waals surface area contributed by atoms with Gasteiger partial charge in [0.05, 0.1) is 0 Å². The number of hydrogen-bond donors (Lipinski definition) is 4. The Kier molecular flexibility index (Phi) is 13.3. The fourth-order valence-electron chi connectivity index (χ4n) is 2.58. The SMILES string of the molecule is CC(C)[C@@H](NC(=O)OC(C)(C)C)C(=O)NCCC=CCCNC(=O)[C@H](C)NC(=O)OC(C)(C)C. The van der Waals surface area contributed by atoms with Crippen LogP contribution in [0.5, 0.6) is 0 Å². The van der Waals surface area contributed by atoms with E-state index in [1.165, 1.54) is 0 Å². The molecule has 34 heavy (non-hydrogen) atoms. The van der Waals surface area contributed by atoms with Gasteiger partial charge in [0, 0.05) is 13.1 Å². The van der Waals surface area contributed by atoms with Gasteiger partial charge in [0.2, 0.25) is 11.8 Å². The maximum Gasteiger partial charge on any atom is 0.408 e. The lowest BCUT2D eigenvalue weighted by atomic mass is 10.0. The molecule has 196 valence electrons. The summed E-state index contributed by atoms with van der Waals surface area (Å²) >= 11 is 0. The van der Waals surface area contributed by atoms with Crippen molar-refractivity contribution in [1.29, 1.82) is 0 Å². The summed E-state index contributed by atoms with van der Waals surface area (Å²) < 4.78 is 10.3. The van der Waals surface area contributed by atoms with Crippen molar-refractivity contribution in [3.8, 4) is 0 Å². The highest BCUT2D eigenvalue weighted by Gasteiger charge is 2.26. The van der Waals surface area contributed by atoms with E-state index in [4.69, 9.17) is 9.47 Å². The Hall–Kier alpha value is -2.78. The molecule has 0 radical (unpaired) electrons. The third-order valence-corrected chi connectivity index (χ3v) is 4.14. The van der Waals surface area contributed by atoms with Gasteiger partial charge in [0.15, 0.2) is 0 Å². The van der Waals surface area contributed by atoms with Crippen molar-refractivity contribution < 1.29 is 28.7 Å². The largest absolute Gasteiger partial charge is 0.444 e. The van der Waals surface area contributed by atoms with E-state index in [-0.39, 0.29) is 17.7 Å². The maximum atomic E-state index is 12.4. The third kappa shape index (κ3) is 15.9. The average Bonchev–Trinajstić information content (AvgIpc) is 2.64. The first-order valence-corrected chi connectivity index (χ1v) is 11.7. The zero-order valence-corrected chi connectivity index (χ0v) is 22.2. The standard InChI is InChI=1S/C24H44N4O6/c1-16(2)18(28-22(32)34-24(7,8)9)20(30)26-15-13-11-10-12-14-25-19(29)17(3)27-21(31)33-23(4,5)6/h10-11,16-18H,12-15H2,1-9H3,(H,25,29)(H,26,30)(H,27,31)(H,28,32)/t17-,18+/m0/s1. The fraction of sp³-hybridized carbons (Fsp3) is 0.750. The first-order valence-electron chi connectivity index (χ1n) is 11.7. The first-order chi connectivity index (χ1) is 15.5. The van der Waals surface area contributed by atoms with Crippen LogP contribution in [0, 0.1) is 5.92 Å². The highest BCUT2D eigenvalue weighted by atomic mass is 16.6. The van der Waals surface area contributed by atoms with Crippen molar-refractivity contribution in [2.45, 2.75) is 98.4 Å². The topological polar surface area (TPSA) is 135 Å². The van der Waals surface area contributed by atoms with Crippen LogP contribution < -0.4 is 21.3 Å². The summed E-state index contributed by atoms with van der Waals surface area (Å²) in [5.41, 5.74) is -1.27. The van der Waals surface area contributed by atoms with E-state index in [0.717, 1.165) is 0 Å². The quantitative estimate of drug-likeness (QED) is 0.263. The van der Waals surface area contributed by atoms with E-state index in [1.807, 2.05) is 26.0 Å². The van der Waals surface area contributed by atoms with Crippen LogP contribution in [0.4, 0.5) is 9.59 Å². The van der Waals surface area contributed by atoms with Crippen molar-refractivity contribution in [3.63, 3.8) is 0 Å². The van der Waals surface area contributed by atoms with E-state index in [2.05, 4.69) is 21.3 Å². The molecule has 0 aliphatic carbocycles. The van der Waals surface area contributed by atoms with E-state index in [1.54, 1.807) is 48.5 Å². The Bertz CT molecular complexity index is 707. The summed E-state index contributed by atoms with van der Waals surface area (Å²) in [6, 6.07) is -1.40. The molecule has 4 N–H and O–H groups in total. The van der Waals surface area contributed by atoms with Crippen LogP contribution in [-0.2, 0) is 19.1 Å². The minimum absolute atomic E-state index is 0.0983. The predicted octanol–water partition coefficient (Wildman–Crippen LogP) is 3.02. The van der Waals surface area contributed by atoms with Gasteiger partial charge in [0.1, 0.15) is 23.3 Å². The second-order valence-electron chi connectivity index (χ2n) is 10.4. The van der Waals surface area contributed by atoms with Gasteiger partial charge in [0.25, 0.3) is 0 Å². The average molecular weight is 485 g/mol. The zero-order valence-electron chi connectivity index (χ0n) is 22.2. The number of carbonyl (C=O) groups excluding carboxylic acids is 4. The Morgan fingerprint density at radius 3 is 1.53 bits per heavy atom. The van der Waals surface area contributed by atoms with E-state index < -0.39 is 35.5 Å². The molecule has 0 saturated carbocycles. The molecule has 0 bridgehead atoms. The van der Waals surface area contributed by atoms with Gasteiger partial charge in [-0.05, 0) is 67.2 Å². The number of rotatable bonds is 11. The van der Waals surface area contributed by atoms with E-state index in [0.29, 0.717) is 25.9 Å². The van der Waals surface area contributed by atoms with Crippen molar-refractivity contribution >= 4 is 24.0 Å². The summed E-state index contributed by atoms with van der Waals surface area (Å²) in [5, 5.41) is 10.7. The summed E-state index contributed by atoms with van der Waals surface area (Å²) in [4.78, 5) is 48.1. The van der Waals surface area contributed by atoms with Crippen LogP contribution >= 0.6 is 0 Å². The van der Waals surface area contributed by atoms with Crippen LogP contribution in [0.1, 0.15) is 75.2 Å². The van der Waals surface area contributed by atoms with Gasteiger partial charge in [-0.1, -0.05) is 26.0 Å². The summed E-state index contributed by atoms with van der Waals surface area (Å²) in [7, 11) is 0. The van der Waals surface area contributed by atoms with Crippen molar-refractivity contribution in [1.82, 2.24) is 21.3 Å². The number of hydrogen-bond acceptors (Lipinski definition) is 6. The summed E-state index contributed by atoms with van der Waals surface area (Å²) in [6.45, 7) is 16.6. The number of alkyl carbamates (subject to hydrolysis) is 2. The highest BCUT2D eigenvalue weighted by molar-refractivity contribution is 5.86. The van der Waals surface area contributed by atoms with Crippen LogP contribution in [0.15, 0.2) is 12.2 Å². The molecule has 0 heterocycles. The Morgan fingerprint density at radius 2 is 1.12 bits per heavy atom. The van der Waals surface area contributed by atoms with Crippen molar-refractivity contribution in [2.24, 2.45) is 5.92 Å². The van der Waals surface area contributed by atoms with Gasteiger partial charge >= 0.3 is 12.2 Å². The van der Waals surface area contributed by atoms with Crippen LogP contribution in [0.25, 0.3) is 0 Å². The lowest BCUT2D eigenvalue weighted by Gasteiger charge is -2.25. The number of nitrogens with one attached hydrogen (secondary N) is 4. The fourth-order valence-corrected chi connectivity index (χ4v) is 2.58. The monoisotopic (exact) mass is 484 g/mol. The van der Waals surface area contributed by atoms with Gasteiger partial charge in [-0.15, -0.1) is 0 Å². The molecule has 0 fully saturated rings. The number of ether oxygens (including phenoxy) is 2. The molecular formula is C24H44N4O6. The van der Waals surface area contributed by atoms with Crippen molar-refractivity contribution in [3.05, 3.63) is 12.2 Å². The molecule has 0 aliphatic heterocycles. The molecular weight excluding hydrogens is 440 g/mol. The molecule has 0 aliphatic rings. The molecule has 0 unspecified atom stereocenters. The molecule has 0 spiro atoms. The smallest absolute Gasteiger partial charge is 0.408 e. The van der Waals surface area contributed by atoms with Crippen LogP contribution in [0.3, 0.4) is 0 Å². The lowest BCUT2D eigenvalue weighted by molar-refractivity contribution is -0.124. The predicted molar refractivity (Wildman–Crippen MR) is 131 cm³/mol. The number of amides is 4. The zero-order chi connectivity index (χ0) is 26.5. The number of carbonyl (C=O) groups is 4. The molecule has 10 nitrogen and oxygen atoms in total. The van der Waals surface area contributed by atoms with Gasteiger partial charge in [-0.25, -0.2) is 9.59 Å². The second kappa shape index (κ2) is 14.5. The molecule has 0 aromatic rings. The second-order valence-corrected chi connectivity index (χ2v) is 10.4. The third-order valence-electron chi connectivity index (χ3n) is 4.14. The lowest BCUT2D eigenvalue weighted by Crippen LogP contribution is -2.51. The van der Waals surface area contributed by atoms with Gasteiger partial charge < -0.3 is 30.7 Å². The Balaban J connectivity index is 4.20. The van der Waals surface area contributed by atoms with E-state index in [9.17, 15) is 19.2 Å².